The van der Waals surface area contributed by atoms with Gasteiger partial charge < -0.3 is 4.74 Å². The summed E-state index contributed by atoms with van der Waals surface area (Å²) in [6.07, 6.45) is 1.35. The number of benzene rings is 1. The maximum absolute atomic E-state index is 12.4. The van der Waals surface area contributed by atoms with Gasteiger partial charge in [-0.3, -0.25) is 19.3 Å². The van der Waals surface area contributed by atoms with Crippen LogP contribution in [0.25, 0.3) is 0 Å². The SMILES string of the molecule is Cc1cc(C)c(C(=O)COC(=O)Cc2csc(N3CCCC3=O)n2)cc1C. The summed E-state index contributed by atoms with van der Waals surface area (Å²) in [6, 6.07) is 3.79. The van der Waals surface area contributed by atoms with Gasteiger partial charge in [0.05, 0.1) is 12.1 Å². The average molecular weight is 386 g/mol. The van der Waals surface area contributed by atoms with Crippen molar-refractivity contribution in [1.82, 2.24) is 4.98 Å². The van der Waals surface area contributed by atoms with E-state index in [1.165, 1.54) is 11.3 Å². The molecule has 1 aliphatic rings. The van der Waals surface area contributed by atoms with Gasteiger partial charge in [-0.1, -0.05) is 6.07 Å². The first-order valence-electron chi connectivity index (χ1n) is 8.86. The van der Waals surface area contributed by atoms with Gasteiger partial charge in [-0.15, -0.1) is 11.3 Å². The van der Waals surface area contributed by atoms with Crippen LogP contribution >= 0.6 is 11.3 Å². The highest BCUT2D eigenvalue weighted by molar-refractivity contribution is 7.14. The minimum absolute atomic E-state index is 0.0162. The van der Waals surface area contributed by atoms with E-state index >= 15 is 0 Å². The van der Waals surface area contributed by atoms with Crippen molar-refractivity contribution in [2.45, 2.75) is 40.0 Å². The van der Waals surface area contributed by atoms with Crippen LogP contribution in [0.2, 0.25) is 0 Å². The van der Waals surface area contributed by atoms with Crippen LogP contribution in [0.4, 0.5) is 5.13 Å². The molecular weight excluding hydrogens is 364 g/mol. The number of hydrogen-bond acceptors (Lipinski definition) is 6. The van der Waals surface area contributed by atoms with Crippen molar-refractivity contribution >= 4 is 34.1 Å². The molecule has 0 atom stereocenters. The van der Waals surface area contributed by atoms with E-state index in [1.54, 1.807) is 10.3 Å². The molecule has 0 radical (unpaired) electrons. The van der Waals surface area contributed by atoms with Crippen LogP contribution in [-0.2, 0) is 20.7 Å². The molecule has 1 saturated heterocycles. The number of anilines is 1. The molecule has 1 fully saturated rings. The summed E-state index contributed by atoms with van der Waals surface area (Å²) >= 11 is 1.34. The van der Waals surface area contributed by atoms with Gasteiger partial charge >= 0.3 is 5.97 Å². The van der Waals surface area contributed by atoms with Crippen molar-refractivity contribution in [3.05, 3.63) is 45.5 Å². The molecule has 0 aliphatic carbocycles. The molecule has 1 aliphatic heterocycles. The monoisotopic (exact) mass is 386 g/mol. The smallest absolute Gasteiger partial charge is 0.312 e. The first kappa shape index (κ1) is 19.2. The molecule has 7 heteroatoms. The first-order valence-corrected chi connectivity index (χ1v) is 9.74. The summed E-state index contributed by atoms with van der Waals surface area (Å²) in [7, 11) is 0. The normalized spacial score (nSPS) is 13.9. The molecule has 0 N–H and O–H groups in total. The topological polar surface area (TPSA) is 76.6 Å². The van der Waals surface area contributed by atoms with Crippen LogP contribution in [0.15, 0.2) is 17.5 Å². The maximum atomic E-state index is 12.4. The van der Waals surface area contributed by atoms with E-state index in [4.69, 9.17) is 4.74 Å². The zero-order valence-corrected chi connectivity index (χ0v) is 16.5. The molecule has 142 valence electrons. The fourth-order valence-electron chi connectivity index (χ4n) is 3.04. The van der Waals surface area contributed by atoms with E-state index in [-0.39, 0.29) is 24.7 Å². The fourth-order valence-corrected chi connectivity index (χ4v) is 3.90. The lowest BCUT2D eigenvalue weighted by atomic mass is 9.98. The Balaban J connectivity index is 1.56. The molecule has 1 aromatic heterocycles. The number of rotatable bonds is 6. The lowest BCUT2D eigenvalue weighted by Crippen LogP contribution is -2.23. The van der Waals surface area contributed by atoms with E-state index in [0.29, 0.717) is 29.4 Å². The Hall–Kier alpha value is -2.54. The number of Topliss-reactive ketones (excluding diaryl/α,β-unsaturated/α-hetero) is 1. The van der Waals surface area contributed by atoms with Crippen LogP contribution in [0, 0.1) is 20.8 Å². The highest BCUT2D eigenvalue weighted by atomic mass is 32.1. The minimum atomic E-state index is -0.505. The largest absolute Gasteiger partial charge is 0.457 e. The Morgan fingerprint density at radius 2 is 1.93 bits per heavy atom. The van der Waals surface area contributed by atoms with Gasteiger partial charge in [-0.05, 0) is 49.9 Å². The van der Waals surface area contributed by atoms with Crippen LogP contribution in [0.1, 0.15) is 45.6 Å². The first-order chi connectivity index (χ1) is 12.8. The van der Waals surface area contributed by atoms with Crippen molar-refractivity contribution in [2.24, 2.45) is 0 Å². The molecule has 0 spiro atoms. The van der Waals surface area contributed by atoms with Crippen LogP contribution in [0.3, 0.4) is 0 Å². The van der Waals surface area contributed by atoms with E-state index in [1.807, 2.05) is 32.9 Å². The highest BCUT2D eigenvalue weighted by Crippen LogP contribution is 2.25. The summed E-state index contributed by atoms with van der Waals surface area (Å²) in [4.78, 5) is 42.2. The summed E-state index contributed by atoms with van der Waals surface area (Å²) in [5, 5.41) is 2.36. The predicted octanol–water partition coefficient (Wildman–Crippen LogP) is 3.16. The Morgan fingerprint density at radius 1 is 1.19 bits per heavy atom. The van der Waals surface area contributed by atoms with Gasteiger partial charge in [-0.2, -0.15) is 0 Å². The number of carbonyl (C=O) groups is 3. The number of ether oxygens (including phenoxy) is 1. The number of amides is 1. The van der Waals surface area contributed by atoms with Crippen molar-refractivity contribution in [3.8, 4) is 0 Å². The van der Waals surface area contributed by atoms with Crippen LogP contribution in [-0.4, -0.2) is 35.8 Å². The van der Waals surface area contributed by atoms with Crippen LogP contribution < -0.4 is 4.90 Å². The number of carbonyl (C=O) groups excluding carboxylic acids is 3. The summed E-state index contributed by atoms with van der Waals surface area (Å²) in [5.41, 5.74) is 4.15. The molecule has 27 heavy (non-hydrogen) atoms. The number of esters is 1. The number of aromatic nitrogens is 1. The van der Waals surface area contributed by atoms with Crippen LogP contribution in [0.5, 0.6) is 0 Å². The number of hydrogen-bond donors (Lipinski definition) is 0. The zero-order chi connectivity index (χ0) is 19.6. The standard InChI is InChI=1S/C20H22N2O4S/c1-12-7-14(3)16(8-13(12)2)17(23)10-26-19(25)9-15-11-27-20(21-15)22-6-4-5-18(22)24/h7-8,11H,4-6,9-10H2,1-3H3. The second-order valence-electron chi connectivity index (χ2n) is 6.78. The van der Waals surface area contributed by atoms with E-state index in [0.717, 1.165) is 23.1 Å². The number of ketones is 1. The third-order valence-corrected chi connectivity index (χ3v) is 5.59. The molecule has 0 unspecified atom stereocenters. The lowest BCUT2D eigenvalue weighted by molar-refractivity contribution is -0.141. The van der Waals surface area contributed by atoms with E-state index in [9.17, 15) is 14.4 Å². The number of aryl methyl sites for hydroxylation is 3. The Morgan fingerprint density at radius 3 is 2.63 bits per heavy atom. The van der Waals surface area contributed by atoms with Gasteiger partial charge in [0.15, 0.2) is 11.7 Å². The van der Waals surface area contributed by atoms with Gasteiger partial charge in [0.2, 0.25) is 11.7 Å². The molecule has 1 aromatic carbocycles. The van der Waals surface area contributed by atoms with Gasteiger partial charge in [0.1, 0.15) is 0 Å². The fraction of sp³-hybridized carbons (Fsp3) is 0.400. The third kappa shape index (κ3) is 4.42. The highest BCUT2D eigenvalue weighted by Gasteiger charge is 2.24. The second kappa shape index (κ2) is 8.00. The molecule has 3 rings (SSSR count). The Bertz CT molecular complexity index is 903. The van der Waals surface area contributed by atoms with Crippen molar-refractivity contribution < 1.29 is 19.1 Å². The molecular formula is C20H22N2O4S. The molecule has 6 nitrogen and oxygen atoms in total. The average Bonchev–Trinajstić information content (AvgIpc) is 3.24. The number of thiazole rings is 1. The third-order valence-electron chi connectivity index (χ3n) is 4.67. The molecule has 0 bridgehead atoms. The minimum Gasteiger partial charge on any atom is -0.457 e. The van der Waals surface area contributed by atoms with Crippen molar-refractivity contribution in [3.63, 3.8) is 0 Å². The molecule has 0 saturated carbocycles. The quantitative estimate of drug-likeness (QED) is 0.563. The Kier molecular flexibility index (Phi) is 5.70. The number of nitrogens with zero attached hydrogens (tertiary/aromatic N) is 2. The van der Waals surface area contributed by atoms with Gasteiger partial charge in [0, 0.05) is 23.9 Å². The maximum Gasteiger partial charge on any atom is 0.312 e. The lowest BCUT2D eigenvalue weighted by Gasteiger charge is -2.10. The molecule has 1 amide bonds. The Labute approximate surface area is 162 Å². The zero-order valence-electron chi connectivity index (χ0n) is 15.7. The summed E-state index contributed by atoms with van der Waals surface area (Å²) in [6.45, 7) is 6.19. The summed E-state index contributed by atoms with van der Waals surface area (Å²) in [5.74, 6) is -0.659. The van der Waals surface area contributed by atoms with E-state index < -0.39 is 5.97 Å². The van der Waals surface area contributed by atoms with Crippen molar-refractivity contribution in [2.75, 3.05) is 18.1 Å². The second-order valence-corrected chi connectivity index (χ2v) is 7.62. The molecule has 2 heterocycles. The summed E-state index contributed by atoms with van der Waals surface area (Å²) < 4.78 is 5.14. The van der Waals surface area contributed by atoms with Gasteiger partial charge in [0.25, 0.3) is 0 Å². The van der Waals surface area contributed by atoms with Gasteiger partial charge in [-0.25, -0.2) is 4.98 Å². The molecule has 2 aromatic rings. The van der Waals surface area contributed by atoms with E-state index in [2.05, 4.69) is 4.98 Å². The predicted molar refractivity (Wildman–Crippen MR) is 103 cm³/mol. The van der Waals surface area contributed by atoms with Crippen molar-refractivity contribution in [1.29, 1.82) is 0 Å².